The van der Waals surface area contributed by atoms with Crippen LogP contribution in [0.1, 0.15) is 59.7 Å². The second-order valence-corrected chi connectivity index (χ2v) is 17.9. The fourth-order valence-corrected chi connectivity index (χ4v) is 9.96. The number of carbonyl (C=O) groups is 2. The minimum Gasteiger partial charge on any atom is -0.478 e. The molecule has 59 heavy (non-hydrogen) atoms. The molecule has 0 saturated heterocycles. The number of hydrogen-bond acceptors (Lipinski definition) is 6. The van der Waals surface area contributed by atoms with E-state index < -0.39 is 32.0 Å². The number of carboxylic acid groups (broad SMARTS) is 2. The lowest BCUT2D eigenvalue weighted by Gasteiger charge is -2.14. The maximum Gasteiger partial charge on any atom is 0.335 e. The molecule has 14 heteroatoms. The van der Waals surface area contributed by atoms with Gasteiger partial charge in [-0.1, -0.05) is 102 Å². The SMILES string of the molecule is Cc1cc(C)c(S(=O)(=O)Nc2ccc(CCc3ccccc3C(=O)O)cc2)c(C)c1.O=C(O)c1ccccc1CCc1ccc(NS(=O)(=O)c2cc(Cl)ccc2Cl)cc1. The maximum atomic E-state index is 12.9. The van der Waals surface area contributed by atoms with Crippen LogP contribution in [0, 0.1) is 20.8 Å². The van der Waals surface area contributed by atoms with Crippen LogP contribution in [-0.2, 0) is 45.7 Å². The number of benzene rings is 6. The predicted octanol–water partition coefficient (Wildman–Crippen LogP) is 10.2. The number of halogens is 2. The van der Waals surface area contributed by atoms with Crippen molar-refractivity contribution in [3.8, 4) is 0 Å². The number of aromatic carboxylic acids is 2. The molecule has 0 amide bonds. The summed E-state index contributed by atoms with van der Waals surface area (Å²) >= 11 is 11.9. The van der Waals surface area contributed by atoms with Crippen LogP contribution in [0.4, 0.5) is 11.4 Å². The quantitative estimate of drug-likeness (QED) is 0.0839. The van der Waals surface area contributed by atoms with Gasteiger partial charge in [-0.05, 0) is 134 Å². The van der Waals surface area contributed by atoms with E-state index in [1.54, 1.807) is 86.6 Å². The van der Waals surface area contributed by atoms with Crippen molar-refractivity contribution in [2.24, 2.45) is 0 Å². The third-order valence-corrected chi connectivity index (χ3v) is 13.1. The van der Waals surface area contributed by atoms with Crippen LogP contribution in [0.3, 0.4) is 0 Å². The molecule has 0 saturated carbocycles. The Morgan fingerprint density at radius 3 is 1.41 bits per heavy atom. The Labute approximate surface area is 354 Å². The average molecular weight is 874 g/mol. The number of anilines is 2. The molecule has 0 spiro atoms. The molecule has 0 bridgehead atoms. The van der Waals surface area contributed by atoms with Gasteiger partial charge in [0, 0.05) is 16.4 Å². The molecule has 0 aliphatic heterocycles. The van der Waals surface area contributed by atoms with E-state index in [2.05, 4.69) is 9.44 Å². The highest BCUT2D eigenvalue weighted by Gasteiger charge is 2.21. The highest BCUT2D eigenvalue weighted by atomic mass is 35.5. The molecule has 0 heterocycles. The lowest BCUT2D eigenvalue weighted by molar-refractivity contribution is 0.0684. The Morgan fingerprint density at radius 2 is 0.966 bits per heavy atom. The first-order valence-corrected chi connectivity index (χ1v) is 22.0. The zero-order valence-corrected chi connectivity index (χ0v) is 35.5. The monoisotopic (exact) mass is 872 g/mol. The van der Waals surface area contributed by atoms with Gasteiger partial charge in [0.25, 0.3) is 20.0 Å². The Kier molecular flexibility index (Phi) is 14.6. The molecule has 0 aromatic heterocycles. The fraction of sp³-hybridized carbons (Fsp3) is 0.156. The minimum absolute atomic E-state index is 0.0793. The van der Waals surface area contributed by atoms with Crippen LogP contribution in [0.5, 0.6) is 0 Å². The first-order valence-electron chi connectivity index (χ1n) is 18.3. The summed E-state index contributed by atoms with van der Waals surface area (Å²) in [7, 11) is -7.57. The van der Waals surface area contributed by atoms with Crippen molar-refractivity contribution in [2.75, 3.05) is 9.44 Å². The van der Waals surface area contributed by atoms with Crippen LogP contribution in [0.25, 0.3) is 0 Å². The van der Waals surface area contributed by atoms with Gasteiger partial charge in [-0.3, -0.25) is 9.44 Å². The number of hydrogen-bond donors (Lipinski definition) is 4. The van der Waals surface area contributed by atoms with Gasteiger partial charge in [-0.15, -0.1) is 0 Å². The van der Waals surface area contributed by atoms with E-state index in [1.807, 2.05) is 43.3 Å². The summed E-state index contributed by atoms with van der Waals surface area (Å²) in [5.74, 6) is -1.89. The minimum atomic E-state index is -3.88. The lowest BCUT2D eigenvalue weighted by Crippen LogP contribution is -2.16. The van der Waals surface area contributed by atoms with E-state index in [4.69, 9.17) is 23.2 Å². The lowest BCUT2D eigenvalue weighted by atomic mass is 10.00. The molecule has 6 aromatic rings. The van der Waals surface area contributed by atoms with Gasteiger partial charge in [0.05, 0.1) is 21.0 Å². The molecule has 6 rings (SSSR count). The Bertz CT molecular complexity index is 2680. The van der Waals surface area contributed by atoms with Crippen LogP contribution in [-0.4, -0.2) is 39.0 Å². The van der Waals surface area contributed by atoms with E-state index in [0.29, 0.717) is 58.6 Å². The van der Waals surface area contributed by atoms with E-state index in [1.165, 1.54) is 18.2 Å². The Hall–Kier alpha value is -5.66. The predicted molar refractivity (Wildman–Crippen MR) is 233 cm³/mol. The number of carboxylic acids is 2. The molecular formula is C45H42Cl2N2O8S2. The summed E-state index contributed by atoms with van der Waals surface area (Å²) in [4.78, 5) is 22.8. The van der Waals surface area contributed by atoms with Crippen molar-refractivity contribution < 1.29 is 36.6 Å². The molecule has 0 unspecified atom stereocenters. The molecular weight excluding hydrogens is 832 g/mol. The molecule has 6 aromatic carbocycles. The summed E-state index contributed by atoms with van der Waals surface area (Å²) in [5, 5.41) is 18.9. The van der Waals surface area contributed by atoms with Crippen molar-refractivity contribution in [1.82, 2.24) is 0 Å². The van der Waals surface area contributed by atoms with Crippen molar-refractivity contribution in [3.05, 3.63) is 188 Å². The maximum absolute atomic E-state index is 12.9. The summed E-state index contributed by atoms with van der Waals surface area (Å²) in [6.07, 6.45) is 2.44. The first kappa shape index (κ1) is 44.4. The van der Waals surface area contributed by atoms with E-state index >= 15 is 0 Å². The zero-order chi connectivity index (χ0) is 42.9. The van der Waals surface area contributed by atoms with Crippen LogP contribution in [0.15, 0.2) is 137 Å². The largest absolute Gasteiger partial charge is 0.478 e. The number of nitrogens with one attached hydrogen (secondary N) is 2. The summed E-state index contributed by atoms with van der Waals surface area (Å²) in [6, 6.07) is 35.8. The van der Waals surface area contributed by atoms with Gasteiger partial charge in [0.2, 0.25) is 0 Å². The fourth-order valence-electron chi connectivity index (χ4n) is 6.62. The topological polar surface area (TPSA) is 167 Å². The van der Waals surface area contributed by atoms with Crippen molar-refractivity contribution >= 4 is 66.6 Å². The smallest absolute Gasteiger partial charge is 0.335 e. The highest BCUT2D eigenvalue weighted by Crippen LogP contribution is 2.28. The first-order chi connectivity index (χ1) is 27.9. The van der Waals surface area contributed by atoms with Crippen molar-refractivity contribution in [3.63, 3.8) is 0 Å². The van der Waals surface area contributed by atoms with Crippen LogP contribution in [0.2, 0.25) is 10.0 Å². The van der Waals surface area contributed by atoms with Gasteiger partial charge in [-0.2, -0.15) is 0 Å². The molecule has 4 N–H and O–H groups in total. The standard InChI is InChI=1S/C24H25NO4S.C21H17Cl2NO4S/c1-16-14-17(2)23(18(3)15-16)30(28,29)25-21-12-9-19(10-13-21)8-11-20-6-4-5-7-22(20)24(26)27;22-16-9-12-19(23)20(13-16)29(27,28)24-17-10-6-14(7-11-17)5-8-15-3-1-2-4-18(15)21(25)26/h4-7,9-10,12-15,25H,8,11H2,1-3H3,(H,26,27);1-4,6-7,9-13,24H,5,8H2,(H,25,26). The second-order valence-electron chi connectivity index (χ2n) is 13.8. The van der Waals surface area contributed by atoms with Gasteiger partial charge >= 0.3 is 11.9 Å². The number of aryl methyl sites for hydroxylation is 7. The molecule has 0 radical (unpaired) electrons. The summed E-state index contributed by atoms with van der Waals surface area (Å²) < 4.78 is 56.0. The molecule has 0 fully saturated rings. The van der Waals surface area contributed by atoms with E-state index in [9.17, 15) is 36.6 Å². The normalized spacial score (nSPS) is 11.3. The van der Waals surface area contributed by atoms with Crippen molar-refractivity contribution in [1.29, 1.82) is 0 Å². The van der Waals surface area contributed by atoms with Gasteiger partial charge in [-0.25, -0.2) is 26.4 Å². The highest BCUT2D eigenvalue weighted by molar-refractivity contribution is 7.93. The van der Waals surface area contributed by atoms with E-state index in [0.717, 1.165) is 27.8 Å². The number of sulfonamides is 2. The van der Waals surface area contributed by atoms with Crippen LogP contribution >= 0.6 is 23.2 Å². The van der Waals surface area contributed by atoms with Gasteiger partial charge in [0.15, 0.2) is 0 Å². The number of rotatable bonds is 14. The molecule has 10 nitrogen and oxygen atoms in total. The Balaban J connectivity index is 0.000000224. The van der Waals surface area contributed by atoms with Gasteiger partial charge in [0.1, 0.15) is 4.90 Å². The van der Waals surface area contributed by atoms with Crippen LogP contribution < -0.4 is 9.44 Å². The van der Waals surface area contributed by atoms with Crippen molar-refractivity contribution in [2.45, 2.75) is 56.2 Å². The summed E-state index contributed by atoms with van der Waals surface area (Å²) in [6.45, 7) is 5.54. The molecule has 0 aliphatic rings. The third-order valence-electron chi connectivity index (χ3n) is 9.33. The molecule has 0 aliphatic carbocycles. The average Bonchev–Trinajstić information content (AvgIpc) is 3.18. The second kappa shape index (κ2) is 19.4. The molecule has 0 atom stereocenters. The van der Waals surface area contributed by atoms with Gasteiger partial charge < -0.3 is 10.2 Å². The Morgan fingerprint density at radius 1 is 0.542 bits per heavy atom. The zero-order valence-electron chi connectivity index (χ0n) is 32.4. The summed E-state index contributed by atoms with van der Waals surface area (Å²) in [5.41, 5.74) is 7.41. The third kappa shape index (κ3) is 12.0. The molecule has 306 valence electrons. The van der Waals surface area contributed by atoms with E-state index in [-0.39, 0.29) is 20.5 Å².